The summed E-state index contributed by atoms with van der Waals surface area (Å²) in [5.41, 5.74) is 5.36. The van der Waals surface area contributed by atoms with Gasteiger partial charge in [-0.15, -0.1) is 0 Å². The molecule has 1 fully saturated rings. The maximum absolute atomic E-state index is 8.08. The number of hydrogen-bond donors (Lipinski definition) is 2. The Morgan fingerprint density at radius 1 is 1.31 bits per heavy atom. The highest BCUT2D eigenvalue weighted by Crippen LogP contribution is 2.13. The number of rotatable bonds is 7. The SMILES string of the molecule is CO[Si](CCCN)(OC)OC.OCC1CO1. The van der Waals surface area contributed by atoms with Crippen LogP contribution in [0.25, 0.3) is 0 Å². The first-order chi connectivity index (χ1) is 7.67. The van der Waals surface area contributed by atoms with Crippen molar-refractivity contribution in [3.05, 3.63) is 0 Å². The van der Waals surface area contributed by atoms with Gasteiger partial charge in [-0.3, -0.25) is 0 Å². The summed E-state index contributed by atoms with van der Waals surface area (Å²) in [6, 6.07) is 0.785. The molecule has 0 radical (unpaired) electrons. The lowest BCUT2D eigenvalue weighted by atomic mass is 10.5. The van der Waals surface area contributed by atoms with Crippen LogP contribution < -0.4 is 5.73 Å². The van der Waals surface area contributed by atoms with Gasteiger partial charge in [-0.2, -0.15) is 0 Å². The van der Waals surface area contributed by atoms with E-state index in [1.165, 1.54) is 0 Å². The molecule has 0 bridgehead atoms. The molecule has 1 aliphatic rings. The van der Waals surface area contributed by atoms with Crippen molar-refractivity contribution < 1.29 is 23.1 Å². The van der Waals surface area contributed by atoms with Gasteiger partial charge >= 0.3 is 8.80 Å². The summed E-state index contributed by atoms with van der Waals surface area (Å²) in [5, 5.41) is 8.08. The summed E-state index contributed by atoms with van der Waals surface area (Å²) in [6.07, 6.45) is 1.07. The monoisotopic (exact) mass is 253 g/mol. The van der Waals surface area contributed by atoms with Crippen molar-refractivity contribution in [1.82, 2.24) is 0 Å². The van der Waals surface area contributed by atoms with Crippen LogP contribution in [0.2, 0.25) is 6.04 Å². The first kappa shape index (κ1) is 16.0. The Bertz CT molecular complexity index is 156. The van der Waals surface area contributed by atoms with Crippen molar-refractivity contribution in [2.75, 3.05) is 41.1 Å². The van der Waals surface area contributed by atoms with Crippen LogP contribution in [-0.4, -0.2) is 61.1 Å². The summed E-state index contributed by atoms with van der Waals surface area (Å²) >= 11 is 0. The van der Waals surface area contributed by atoms with E-state index < -0.39 is 8.80 Å². The summed E-state index contributed by atoms with van der Waals surface area (Å²) in [6.45, 7) is 1.60. The number of hydrogen-bond acceptors (Lipinski definition) is 6. The highest BCUT2D eigenvalue weighted by atomic mass is 28.4. The smallest absolute Gasteiger partial charge is 0.394 e. The van der Waals surface area contributed by atoms with Gasteiger partial charge in [0, 0.05) is 27.4 Å². The molecule has 0 spiro atoms. The van der Waals surface area contributed by atoms with Crippen molar-refractivity contribution in [2.45, 2.75) is 18.6 Å². The van der Waals surface area contributed by atoms with Gasteiger partial charge in [0.2, 0.25) is 0 Å². The average molecular weight is 253 g/mol. The molecule has 0 aromatic carbocycles. The van der Waals surface area contributed by atoms with Crippen molar-refractivity contribution in [3.8, 4) is 0 Å². The van der Waals surface area contributed by atoms with Gasteiger partial charge in [0.15, 0.2) is 0 Å². The molecule has 16 heavy (non-hydrogen) atoms. The standard InChI is InChI=1S/C6H17NO3Si.C3H6O2/c1-8-11(9-2,10-3)6-4-5-7;4-1-3-2-5-3/h4-7H2,1-3H3;3-4H,1-2H2. The van der Waals surface area contributed by atoms with Crippen LogP contribution in [0.4, 0.5) is 0 Å². The number of ether oxygens (including phenoxy) is 1. The Morgan fingerprint density at radius 3 is 2.00 bits per heavy atom. The molecule has 1 aliphatic heterocycles. The fourth-order valence-corrected chi connectivity index (χ4v) is 2.80. The number of nitrogens with two attached hydrogens (primary N) is 1. The molecule has 0 amide bonds. The third-order valence-electron chi connectivity index (χ3n) is 2.23. The van der Waals surface area contributed by atoms with E-state index in [0.717, 1.165) is 19.1 Å². The summed E-state index contributed by atoms with van der Waals surface area (Å²) in [4.78, 5) is 0. The minimum absolute atomic E-state index is 0.190. The molecule has 6 nitrogen and oxygen atoms in total. The second kappa shape index (κ2) is 9.05. The average Bonchev–Trinajstić information content (AvgIpc) is 3.16. The van der Waals surface area contributed by atoms with E-state index in [-0.39, 0.29) is 12.7 Å². The Morgan fingerprint density at radius 2 is 1.81 bits per heavy atom. The topological polar surface area (TPSA) is 86.5 Å². The zero-order valence-electron chi connectivity index (χ0n) is 10.3. The molecule has 7 heteroatoms. The van der Waals surface area contributed by atoms with Crippen molar-refractivity contribution in [1.29, 1.82) is 0 Å². The molecule has 0 saturated carbocycles. The molecular weight excluding hydrogens is 230 g/mol. The predicted octanol–water partition coefficient (Wildman–Crippen LogP) is -0.409. The Balaban J connectivity index is 0.000000368. The maximum atomic E-state index is 8.08. The molecule has 1 saturated heterocycles. The van der Waals surface area contributed by atoms with Gasteiger partial charge in [-0.1, -0.05) is 0 Å². The predicted molar refractivity (Wildman–Crippen MR) is 62.1 cm³/mol. The van der Waals surface area contributed by atoms with Crippen molar-refractivity contribution in [3.63, 3.8) is 0 Å². The molecule has 3 N–H and O–H groups in total. The lowest BCUT2D eigenvalue weighted by molar-refractivity contribution is 0.123. The van der Waals surface area contributed by atoms with Crippen LogP contribution >= 0.6 is 0 Å². The lowest BCUT2D eigenvalue weighted by Gasteiger charge is -2.23. The molecular formula is C9H23NO5Si. The molecule has 98 valence electrons. The van der Waals surface area contributed by atoms with Crippen molar-refractivity contribution >= 4 is 8.80 Å². The van der Waals surface area contributed by atoms with Crippen LogP contribution in [0.1, 0.15) is 6.42 Å². The first-order valence-corrected chi connectivity index (χ1v) is 7.19. The molecule has 1 rings (SSSR count). The van der Waals surface area contributed by atoms with Crippen LogP contribution in [0, 0.1) is 0 Å². The summed E-state index contributed by atoms with van der Waals surface area (Å²) in [7, 11) is 2.50. The molecule has 1 heterocycles. The fourth-order valence-electron chi connectivity index (χ4n) is 1.05. The van der Waals surface area contributed by atoms with Gasteiger partial charge in [-0.05, 0) is 13.0 Å². The summed E-state index contributed by atoms with van der Waals surface area (Å²) in [5.74, 6) is 0. The molecule has 0 aromatic rings. The van der Waals surface area contributed by atoms with Crippen molar-refractivity contribution in [2.24, 2.45) is 5.73 Å². The Labute approximate surface area is 98.0 Å². The maximum Gasteiger partial charge on any atom is 0.500 e. The highest BCUT2D eigenvalue weighted by Gasteiger charge is 2.36. The van der Waals surface area contributed by atoms with E-state index in [9.17, 15) is 0 Å². The van der Waals surface area contributed by atoms with Gasteiger partial charge in [-0.25, -0.2) is 0 Å². The zero-order valence-corrected chi connectivity index (χ0v) is 11.3. The third-order valence-corrected chi connectivity index (χ3v) is 5.06. The first-order valence-electron chi connectivity index (χ1n) is 5.26. The highest BCUT2D eigenvalue weighted by molar-refractivity contribution is 6.60. The minimum Gasteiger partial charge on any atom is -0.394 e. The van der Waals surface area contributed by atoms with E-state index in [1.807, 2.05) is 0 Å². The lowest BCUT2D eigenvalue weighted by Crippen LogP contribution is -2.42. The van der Waals surface area contributed by atoms with E-state index >= 15 is 0 Å². The molecule has 0 aliphatic carbocycles. The van der Waals surface area contributed by atoms with Crippen LogP contribution in [0.3, 0.4) is 0 Å². The van der Waals surface area contributed by atoms with Gasteiger partial charge in [0.05, 0.1) is 13.2 Å². The second-order valence-electron chi connectivity index (χ2n) is 3.33. The number of aliphatic hydroxyl groups excluding tert-OH is 1. The normalized spacial score (nSPS) is 18.9. The molecule has 1 atom stereocenters. The Hall–Kier alpha value is -0.0231. The van der Waals surface area contributed by atoms with Gasteiger partial charge < -0.3 is 28.9 Å². The van der Waals surface area contributed by atoms with E-state index in [1.54, 1.807) is 21.3 Å². The zero-order chi connectivity index (χ0) is 12.4. The van der Waals surface area contributed by atoms with Gasteiger partial charge in [0.25, 0.3) is 0 Å². The van der Waals surface area contributed by atoms with Crippen LogP contribution in [-0.2, 0) is 18.0 Å². The van der Waals surface area contributed by atoms with Crippen LogP contribution in [0.15, 0.2) is 0 Å². The number of aliphatic hydroxyl groups is 1. The summed E-state index contributed by atoms with van der Waals surface area (Å²) < 4.78 is 20.1. The van der Waals surface area contributed by atoms with E-state index in [4.69, 9.17) is 24.1 Å². The second-order valence-corrected chi connectivity index (χ2v) is 6.42. The number of epoxide rings is 1. The largest absolute Gasteiger partial charge is 0.500 e. The quantitative estimate of drug-likeness (QED) is 0.474. The third kappa shape index (κ3) is 6.54. The van der Waals surface area contributed by atoms with E-state index in [0.29, 0.717) is 6.54 Å². The Kier molecular flexibility index (Phi) is 9.04. The fraction of sp³-hybridized carbons (Fsp3) is 1.00. The van der Waals surface area contributed by atoms with Gasteiger partial charge in [0.1, 0.15) is 6.10 Å². The van der Waals surface area contributed by atoms with Crippen LogP contribution in [0.5, 0.6) is 0 Å². The van der Waals surface area contributed by atoms with E-state index in [2.05, 4.69) is 4.74 Å². The minimum atomic E-state index is -2.32. The molecule has 1 unspecified atom stereocenters. The molecule has 0 aromatic heterocycles.